The van der Waals surface area contributed by atoms with Gasteiger partial charge in [-0.1, -0.05) is 32.0 Å². The van der Waals surface area contributed by atoms with E-state index in [1.807, 2.05) is 13.8 Å². The Labute approximate surface area is 192 Å². The summed E-state index contributed by atoms with van der Waals surface area (Å²) in [5.74, 6) is 2.89. The maximum Gasteiger partial charge on any atom is 0.129 e. The average Bonchev–Trinajstić information content (AvgIpc) is 2.75. The molecule has 1 atom stereocenters. The fourth-order valence-electron chi connectivity index (χ4n) is 4.98. The summed E-state index contributed by atoms with van der Waals surface area (Å²) in [4.78, 5) is 7.42. The highest BCUT2D eigenvalue weighted by Gasteiger charge is 2.36. The van der Waals surface area contributed by atoms with Crippen LogP contribution in [0.15, 0.2) is 30.3 Å². The molecular formula is C28H36N2O2. The van der Waals surface area contributed by atoms with Gasteiger partial charge in [-0.25, -0.2) is 4.98 Å². The van der Waals surface area contributed by atoms with Crippen LogP contribution in [0.25, 0.3) is 10.9 Å². The predicted molar refractivity (Wildman–Crippen MR) is 133 cm³/mol. The molecule has 0 bridgehead atoms. The maximum absolute atomic E-state index is 10.5. The third kappa shape index (κ3) is 4.03. The number of aryl methyl sites for hydroxylation is 1. The molecule has 0 spiro atoms. The van der Waals surface area contributed by atoms with Crippen molar-refractivity contribution in [3.63, 3.8) is 0 Å². The number of anilines is 1. The van der Waals surface area contributed by atoms with Crippen LogP contribution in [0, 0.1) is 33.6 Å². The first-order chi connectivity index (χ1) is 15.1. The highest BCUT2D eigenvalue weighted by molar-refractivity contribution is 5.83. The Morgan fingerprint density at radius 2 is 1.81 bits per heavy atom. The number of para-hydroxylation sites is 1. The van der Waals surface area contributed by atoms with Crippen molar-refractivity contribution in [3.05, 3.63) is 58.1 Å². The third-order valence-corrected chi connectivity index (χ3v) is 6.94. The van der Waals surface area contributed by atoms with Crippen LogP contribution in [-0.4, -0.2) is 28.8 Å². The molecule has 0 radical (unpaired) electrons. The van der Waals surface area contributed by atoms with Crippen molar-refractivity contribution in [2.45, 2.75) is 66.9 Å². The average molecular weight is 433 g/mol. The fourth-order valence-corrected chi connectivity index (χ4v) is 4.98. The van der Waals surface area contributed by atoms with Crippen LogP contribution >= 0.6 is 0 Å². The summed E-state index contributed by atoms with van der Waals surface area (Å²) in [7, 11) is 0. The number of aromatic hydroxyl groups is 1. The summed E-state index contributed by atoms with van der Waals surface area (Å²) in [6.45, 7) is 16.6. The standard InChI is InChI=1S/C28H36N2O2/c1-17(2)15-30(25-14-18(3)22-10-8-9-11-24(22)29-25)16-28(7)13-12-23-21(6)26(31)19(4)20(5)27(23)32-28/h8-11,14,17,31H,12-13,15-16H2,1-7H3. The molecule has 1 N–H and O–H groups in total. The van der Waals surface area contributed by atoms with Crippen molar-refractivity contribution < 1.29 is 9.84 Å². The van der Waals surface area contributed by atoms with Gasteiger partial charge in [0.2, 0.25) is 0 Å². The SMILES string of the molecule is Cc1c(C)c2c(c(C)c1O)CCC(C)(CN(CC(C)C)c1cc(C)c3ccccc3n1)O2. The zero-order valence-electron chi connectivity index (χ0n) is 20.5. The van der Waals surface area contributed by atoms with Gasteiger partial charge in [-0.3, -0.25) is 0 Å². The number of hydrogen-bond acceptors (Lipinski definition) is 4. The first kappa shape index (κ1) is 22.4. The Kier molecular flexibility index (Phi) is 5.83. The lowest BCUT2D eigenvalue weighted by atomic mass is 9.86. The summed E-state index contributed by atoms with van der Waals surface area (Å²) in [5, 5.41) is 11.7. The molecule has 4 heteroatoms. The predicted octanol–water partition coefficient (Wildman–Crippen LogP) is 6.42. The van der Waals surface area contributed by atoms with Crippen LogP contribution in [0.4, 0.5) is 5.82 Å². The van der Waals surface area contributed by atoms with Gasteiger partial charge >= 0.3 is 0 Å². The lowest BCUT2D eigenvalue weighted by Crippen LogP contribution is -2.49. The number of nitrogens with zero attached hydrogens (tertiary/aromatic N) is 2. The molecule has 0 aliphatic carbocycles. The van der Waals surface area contributed by atoms with Gasteiger partial charge in [0.1, 0.15) is 22.9 Å². The van der Waals surface area contributed by atoms with Gasteiger partial charge in [-0.15, -0.1) is 0 Å². The lowest BCUT2D eigenvalue weighted by molar-refractivity contribution is 0.0695. The van der Waals surface area contributed by atoms with Gasteiger partial charge in [0, 0.05) is 17.5 Å². The molecule has 0 fully saturated rings. The van der Waals surface area contributed by atoms with Crippen molar-refractivity contribution in [1.82, 2.24) is 4.98 Å². The first-order valence-corrected chi connectivity index (χ1v) is 11.7. The van der Waals surface area contributed by atoms with Gasteiger partial charge in [0.05, 0.1) is 12.1 Å². The van der Waals surface area contributed by atoms with Gasteiger partial charge in [-0.2, -0.15) is 0 Å². The number of phenols is 1. The van der Waals surface area contributed by atoms with Gasteiger partial charge < -0.3 is 14.7 Å². The quantitative estimate of drug-likeness (QED) is 0.505. The van der Waals surface area contributed by atoms with Crippen LogP contribution < -0.4 is 9.64 Å². The molecular weight excluding hydrogens is 396 g/mol. The van der Waals surface area contributed by atoms with E-state index in [2.05, 4.69) is 69.9 Å². The van der Waals surface area contributed by atoms with Crippen LogP contribution in [0.2, 0.25) is 0 Å². The van der Waals surface area contributed by atoms with Crippen molar-refractivity contribution in [3.8, 4) is 11.5 Å². The molecule has 1 aromatic heterocycles. The fraction of sp³-hybridized carbons (Fsp3) is 0.464. The summed E-state index contributed by atoms with van der Waals surface area (Å²) >= 11 is 0. The second kappa shape index (κ2) is 8.31. The molecule has 32 heavy (non-hydrogen) atoms. The summed E-state index contributed by atoms with van der Waals surface area (Å²) < 4.78 is 6.74. The zero-order chi connectivity index (χ0) is 23.2. The minimum atomic E-state index is -0.330. The van der Waals surface area contributed by atoms with Gasteiger partial charge in [-0.05, 0) is 87.8 Å². The number of fused-ring (bicyclic) bond motifs is 2. The minimum absolute atomic E-state index is 0.330. The Hall–Kier alpha value is -2.75. The number of aromatic nitrogens is 1. The highest BCUT2D eigenvalue weighted by Crippen LogP contribution is 2.43. The van der Waals surface area contributed by atoms with Crippen molar-refractivity contribution in [1.29, 1.82) is 0 Å². The molecule has 4 rings (SSSR count). The summed E-state index contributed by atoms with van der Waals surface area (Å²) in [6, 6.07) is 10.6. The third-order valence-electron chi connectivity index (χ3n) is 6.94. The van der Waals surface area contributed by atoms with Crippen LogP contribution in [0.5, 0.6) is 11.5 Å². The van der Waals surface area contributed by atoms with E-state index >= 15 is 0 Å². The molecule has 170 valence electrons. The maximum atomic E-state index is 10.5. The molecule has 4 nitrogen and oxygen atoms in total. The Morgan fingerprint density at radius 3 is 2.53 bits per heavy atom. The number of benzene rings is 2. The van der Waals surface area contributed by atoms with Gasteiger partial charge in [0.25, 0.3) is 0 Å². The van der Waals surface area contributed by atoms with E-state index in [9.17, 15) is 5.11 Å². The van der Waals surface area contributed by atoms with E-state index in [0.29, 0.717) is 11.7 Å². The molecule has 2 aromatic carbocycles. The molecule has 1 unspecified atom stereocenters. The zero-order valence-corrected chi connectivity index (χ0v) is 20.5. The number of phenolic OH excluding ortho intramolecular Hbond substituents is 1. The molecule has 1 aliphatic rings. The molecule has 3 aromatic rings. The first-order valence-electron chi connectivity index (χ1n) is 11.7. The Bertz CT molecular complexity index is 1170. The molecule has 0 amide bonds. The smallest absolute Gasteiger partial charge is 0.129 e. The van der Waals surface area contributed by atoms with Crippen LogP contribution in [0.3, 0.4) is 0 Å². The monoisotopic (exact) mass is 432 g/mol. The normalized spacial score (nSPS) is 18.0. The lowest BCUT2D eigenvalue weighted by Gasteiger charge is -2.41. The Balaban J connectivity index is 1.70. The molecule has 0 saturated heterocycles. The van der Waals surface area contributed by atoms with E-state index < -0.39 is 0 Å². The second-order valence-electron chi connectivity index (χ2n) is 10.2. The number of hydrogen-bond donors (Lipinski definition) is 1. The van der Waals surface area contributed by atoms with Gasteiger partial charge in [0.15, 0.2) is 0 Å². The molecule has 2 heterocycles. The molecule has 1 aliphatic heterocycles. The van der Waals surface area contributed by atoms with E-state index in [-0.39, 0.29) is 5.60 Å². The summed E-state index contributed by atoms with van der Waals surface area (Å²) in [6.07, 6.45) is 1.82. The van der Waals surface area contributed by atoms with E-state index in [1.165, 1.54) is 10.9 Å². The van der Waals surface area contributed by atoms with E-state index in [0.717, 1.165) is 65.3 Å². The van der Waals surface area contributed by atoms with Crippen molar-refractivity contribution in [2.24, 2.45) is 5.92 Å². The number of ether oxygens (including phenoxy) is 1. The highest BCUT2D eigenvalue weighted by atomic mass is 16.5. The van der Waals surface area contributed by atoms with Crippen LogP contribution in [0.1, 0.15) is 55.0 Å². The van der Waals surface area contributed by atoms with E-state index in [4.69, 9.17) is 9.72 Å². The van der Waals surface area contributed by atoms with Crippen molar-refractivity contribution in [2.75, 3.05) is 18.0 Å². The largest absolute Gasteiger partial charge is 0.507 e. The Morgan fingerprint density at radius 1 is 1.09 bits per heavy atom. The van der Waals surface area contributed by atoms with Crippen molar-refractivity contribution >= 4 is 16.7 Å². The van der Waals surface area contributed by atoms with Crippen LogP contribution in [-0.2, 0) is 6.42 Å². The van der Waals surface area contributed by atoms with E-state index in [1.54, 1.807) is 0 Å². The number of rotatable bonds is 5. The second-order valence-corrected chi connectivity index (χ2v) is 10.2. The number of pyridine rings is 1. The summed E-state index contributed by atoms with van der Waals surface area (Å²) in [5.41, 5.74) is 6.02. The minimum Gasteiger partial charge on any atom is -0.507 e. The molecule has 0 saturated carbocycles. The topological polar surface area (TPSA) is 45.6 Å².